The van der Waals surface area contributed by atoms with Crippen LogP contribution in [0.4, 0.5) is 5.95 Å². The predicted molar refractivity (Wildman–Crippen MR) is 76.0 cm³/mol. The molecule has 3 rings (SSSR count). The van der Waals surface area contributed by atoms with Gasteiger partial charge in [-0.3, -0.25) is 4.68 Å². The molecule has 0 spiro atoms. The van der Waals surface area contributed by atoms with Crippen LogP contribution in [0.15, 0.2) is 41.3 Å². The number of nitrogens with zero attached hydrogens (tertiary/aromatic N) is 5. The molecule has 0 aliphatic rings. The standard InChI is InChI=1S/C12H13BrN6/c13-10-3-4-11-16-12(17-19(11)9-10)14-5-1-7-18-8-2-6-15-18/h2-4,6,8-9H,1,5,7H2,(H,14,17). The number of aryl methyl sites for hydroxylation is 1. The van der Waals surface area contributed by atoms with Crippen molar-refractivity contribution in [2.45, 2.75) is 13.0 Å². The van der Waals surface area contributed by atoms with E-state index in [-0.39, 0.29) is 0 Å². The molecule has 98 valence electrons. The summed E-state index contributed by atoms with van der Waals surface area (Å²) in [5, 5.41) is 11.7. The van der Waals surface area contributed by atoms with Crippen molar-refractivity contribution in [3.05, 3.63) is 41.3 Å². The summed E-state index contributed by atoms with van der Waals surface area (Å²) in [5.41, 5.74) is 0.831. The molecule has 3 aromatic heterocycles. The zero-order valence-electron chi connectivity index (χ0n) is 10.2. The van der Waals surface area contributed by atoms with Crippen molar-refractivity contribution < 1.29 is 0 Å². The van der Waals surface area contributed by atoms with E-state index in [4.69, 9.17) is 0 Å². The predicted octanol–water partition coefficient (Wildman–Crippen LogP) is 2.19. The highest BCUT2D eigenvalue weighted by Crippen LogP contribution is 2.12. The molecule has 0 fully saturated rings. The lowest BCUT2D eigenvalue weighted by atomic mass is 10.4. The van der Waals surface area contributed by atoms with Gasteiger partial charge in [-0.15, -0.1) is 5.10 Å². The number of rotatable bonds is 5. The van der Waals surface area contributed by atoms with E-state index >= 15 is 0 Å². The summed E-state index contributed by atoms with van der Waals surface area (Å²) >= 11 is 3.41. The van der Waals surface area contributed by atoms with Crippen LogP contribution < -0.4 is 5.32 Å². The van der Waals surface area contributed by atoms with Gasteiger partial charge in [-0.2, -0.15) is 10.1 Å². The van der Waals surface area contributed by atoms with Crippen molar-refractivity contribution in [2.24, 2.45) is 0 Å². The van der Waals surface area contributed by atoms with Crippen molar-refractivity contribution in [2.75, 3.05) is 11.9 Å². The molecule has 7 heteroatoms. The maximum Gasteiger partial charge on any atom is 0.243 e. The number of aromatic nitrogens is 5. The molecule has 0 unspecified atom stereocenters. The monoisotopic (exact) mass is 320 g/mol. The normalized spacial score (nSPS) is 11.0. The molecular formula is C12H13BrN6. The largest absolute Gasteiger partial charge is 0.353 e. The molecule has 3 aromatic rings. The van der Waals surface area contributed by atoms with Crippen molar-refractivity contribution >= 4 is 27.5 Å². The fourth-order valence-corrected chi connectivity index (χ4v) is 2.13. The van der Waals surface area contributed by atoms with Gasteiger partial charge in [0.05, 0.1) is 0 Å². The van der Waals surface area contributed by atoms with Crippen molar-refractivity contribution in [1.82, 2.24) is 24.4 Å². The number of halogens is 1. The third-order valence-electron chi connectivity index (χ3n) is 2.70. The second-order valence-electron chi connectivity index (χ2n) is 4.13. The molecular weight excluding hydrogens is 308 g/mol. The Morgan fingerprint density at radius 2 is 2.26 bits per heavy atom. The van der Waals surface area contributed by atoms with Crippen LogP contribution in [0.5, 0.6) is 0 Å². The Kier molecular flexibility index (Phi) is 3.45. The number of fused-ring (bicyclic) bond motifs is 1. The van der Waals surface area contributed by atoms with Gasteiger partial charge in [0.15, 0.2) is 5.65 Å². The quantitative estimate of drug-likeness (QED) is 0.732. The fraction of sp³-hybridized carbons (Fsp3) is 0.250. The first-order chi connectivity index (χ1) is 9.31. The fourth-order valence-electron chi connectivity index (χ4n) is 1.81. The number of anilines is 1. The smallest absolute Gasteiger partial charge is 0.243 e. The van der Waals surface area contributed by atoms with Crippen molar-refractivity contribution in [3.63, 3.8) is 0 Å². The molecule has 0 aliphatic heterocycles. The summed E-state index contributed by atoms with van der Waals surface area (Å²) in [6.45, 7) is 1.71. The second-order valence-corrected chi connectivity index (χ2v) is 5.05. The summed E-state index contributed by atoms with van der Waals surface area (Å²) in [4.78, 5) is 4.39. The highest BCUT2D eigenvalue weighted by molar-refractivity contribution is 9.10. The van der Waals surface area contributed by atoms with Crippen molar-refractivity contribution in [3.8, 4) is 0 Å². The lowest BCUT2D eigenvalue weighted by Crippen LogP contribution is -2.08. The van der Waals surface area contributed by atoms with Crippen LogP contribution in [-0.4, -0.2) is 30.9 Å². The van der Waals surface area contributed by atoms with Crippen LogP contribution >= 0.6 is 15.9 Å². The van der Waals surface area contributed by atoms with E-state index in [1.807, 2.05) is 35.3 Å². The Morgan fingerprint density at radius 3 is 3.11 bits per heavy atom. The van der Waals surface area contributed by atoms with Gasteiger partial charge < -0.3 is 5.32 Å². The van der Waals surface area contributed by atoms with Crippen LogP contribution in [0.2, 0.25) is 0 Å². The molecule has 6 nitrogen and oxygen atoms in total. The molecule has 3 heterocycles. The van der Waals surface area contributed by atoms with Crippen LogP contribution in [0.25, 0.3) is 5.65 Å². The highest BCUT2D eigenvalue weighted by Gasteiger charge is 2.02. The Morgan fingerprint density at radius 1 is 1.32 bits per heavy atom. The summed E-state index contributed by atoms with van der Waals surface area (Å²) in [7, 11) is 0. The molecule has 0 amide bonds. The minimum Gasteiger partial charge on any atom is -0.353 e. The third-order valence-corrected chi connectivity index (χ3v) is 3.17. The zero-order valence-corrected chi connectivity index (χ0v) is 11.8. The molecule has 0 aromatic carbocycles. The molecule has 0 bridgehead atoms. The Labute approximate surface area is 118 Å². The number of hydrogen-bond donors (Lipinski definition) is 1. The Balaban J connectivity index is 1.56. The first-order valence-corrected chi connectivity index (χ1v) is 6.84. The van der Waals surface area contributed by atoms with Crippen molar-refractivity contribution in [1.29, 1.82) is 0 Å². The third kappa shape index (κ3) is 2.93. The van der Waals surface area contributed by atoms with Gasteiger partial charge in [0.2, 0.25) is 5.95 Å². The number of pyridine rings is 1. The molecule has 0 saturated heterocycles. The van der Waals surface area contributed by atoms with E-state index in [2.05, 4.69) is 36.4 Å². The molecule has 0 aliphatic carbocycles. The van der Waals surface area contributed by atoms with Gasteiger partial charge in [0, 0.05) is 36.2 Å². The minimum atomic E-state index is 0.651. The topological polar surface area (TPSA) is 60.0 Å². The van der Waals surface area contributed by atoms with E-state index < -0.39 is 0 Å². The summed E-state index contributed by atoms with van der Waals surface area (Å²) < 4.78 is 4.64. The van der Waals surface area contributed by atoms with E-state index in [1.165, 1.54) is 0 Å². The van der Waals surface area contributed by atoms with Crippen LogP contribution in [0, 0.1) is 0 Å². The lowest BCUT2D eigenvalue weighted by Gasteiger charge is -2.01. The van der Waals surface area contributed by atoms with E-state index in [0.29, 0.717) is 5.95 Å². The van der Waals surface area contributed by atoms with E-state index in [0.717, 1.165) is 29.6 Å². The Hall–Kier alpha value is -1.89. The first-order valence-electron chi connectivity index (χ1n) is 6.04. The van der Waals surface area contributed by atoms with Crippen LogP contribution in [-0.2, 0) is 6.54 Å². The molecule has 0 radical (unpaired) electrons. The number of nitrogens with one attached hydrogen (secondary N) is 1. The van der Waals surface area contributed by atoms with Gasteiger partial charge >= 0.3 is 0 Å². The zero-order chi connectivity index (χ0) is 13.1. The first kappa shape index (κ1) is 12.2. The summed E-state index contributed by atoms with van der Waals surface area (Å²) in [6, 6.07) is 5.80. The maximum atomic E-state index is 4.39. The van der Waals surface area contributed by atoms with Crippen LogP contribution in [0.1, 0.15) is 6.42 Å². The average Bonchev–Trinajstić information content (AvgIpc) is 3.02. The lowest BCUT2D eigenvalue weighted by molar-refractivity contribution is 0.591. The van der Waals surface area contributed by atoms with Gasteiger partial charge in [0.1, 0.15) is 0 Å². The highest BCUT2D eigenvalue weighted by atomic mass is 79.9. The Bertz CT molecular complexity index is 660. The summed E-state index contributed by atoms with van der Waals surface area (Å²) in [5.74, 6) is 0.651. The molecule has 0 saturated carbocycles. The van der Waals surface area contributed by atoms with Gasteiger partial charge in [-0.25, -0.2) is 4.52 Å². The summed E-state index contributed by atoms with van der Waals surface area (Å²) in [6.07, 6.45) is 6.60. The van der Waals surface area contributed by atoms with E-state index in [9.17, 15) is 0 Å². The van der Waals surface area contributed by atoms with Gasteiger partial charge in [-0.05, 0) is 40.5 Å². The van der Waals surface area contributed by atoms with E-state index in [1.54, 1.807) is 10.7 Å². The number of hydrogen-bond acceptors (Lipinski definition) is 4. The second kappa shape index (κ2) is 5.40. The molecule has 0 atom stereocenters. The molecule has 19 heavy (non-hydrogen) atoms. The van der Waals surface area contributed by atoms with Gasteiger partial charge in [0.25, 0.3) is 0 Å². The minimum absolute atomic E-state index is 0.651. The maximum absolute atomic E-state index is 4.39. The average molecular weight is 321 g/mol. The SMILES string of the molecule is Brc1ccc2nc(NCCCn3cccn3)nn2c1. The van der Waals surface area contributed by atoms with Gasteiger partial charge in [-0.1, -0.05) is 0 Å². The molecule has 1 N–H and O–H groups in total. The van der Waals surface area contributed by atoms with Crippen LogP contribution in [0.3, 0.4) is 0 Å².